The van der Waals surface area contributed by atoms with Crippen LogP contribution in [-0.2, 0) is 14.3 Å². The summed E-state index contributed by atoms with van der Waals surface area (Å²) >= 11 is 0. The maximum Gasteiger partial charge on any atom is 0.327 e. The van der Waals surface area contributed by atoms with Crippen molar-refractivity contribution in [2.75, 3.05) is 6.61 Å². The lowest BCUT2D eigenvalue weighted by atomic mass is 10.0. The zero-order valence-corrected chi connectivity index (χ0v) is 12.7. The quantitative estimate of drug-likeness (QED) is 0.697. The first-order valence-electron chi connectivity index (χ1n) is 7.39. The molecule has 0 saturated carbocycles. The van der Waals surface area contributed by atoms with Gasteiger partial charge in [-0.25, -0.2) is 4.79 Å². The molecule has 0 bridgehead atoms. The molecule has 1 fully saturated rings. The molecule has 1 N–H and O–H groups in total. The number of hydrogen-bond donors (Lipinski definition) is 1. The molecule has 118 valence electrons. The fourth-order valence-electron chi connectivity index (χ4n) is 2.57. The van der Waals surface area contributed by atoms with E-state index in [4.69, 9.17) is 9.47 Å². The molecular weight excluding hydrogens is 294 g/mol. The summed E-state index contributed by atoms with van der Waals surface area (Å²) in [6.45, 7) is 1.66. The molecule has 0 radical (unpaired) electrons. The molecule has 2 atom stereocenters. The van der Waals surface area contributed by atoms with Crippen molar-refractivity contribution in [1.29, 1.82) is 0 Å². The second kappa shape index (κ2) is 6.62. The second-order valence-electron chi connectivity index (χ2n) is 5.36. The SMILES string of the molecule is CC(=O)Oc1ccc([C@H]2N[C@@H](c3ccccc3)COC2=O)cc1. The minimum absolute atomic E-state index is 0.0490. The summed E-state index contributed by atoms with van der Waals surface area (Å²) < 4.78 is 10.3. The lowest BCUT2D eigenvalue weighted by Crippen LogP contribution is -2.41. The molecule has 0 spiro atoms. The molecule has 2 aromatic rings. The fourth-order valence-corrected chi connectivity index (χ4v) is 2.57. The van der Waals surface area contributed by atoms with Crippen LogP contribution in [0.1, 0.15) is 30.1 Å². The van der Waals surface area contributed by atoms with Crippen LogP contribution in [0.4, 0.5) is 0 Å². The lowest BCUT2D eigenvalue weighted by Gasteiger charge is -2.30. The highest BCUT2D eigenvalue weighted by Crippen LogP contribution is 2.27. The van der Waals surface area contributed by atoms with Gasteiger partial charge in [0.25, 0.3) is 0 Å². The Morgan fingerprint density at radius 2 is 1.78 bits per heavy atom. The van der Waals surface area contributed by atoms with Gasteiger partial charge in [0.05, 0.1) is 6.04 Å². The van der Waals surface area contributed by atoms with Gasteiger partial charge in [0.2, 0.25) is 0 Å². The summed E-state index contributed by atoms with van der Waals surface area (Å²) in [6.07, 6.45) is 0. The topological polar surface area (TPSA) is 64.6 Å². The number of carbonyl (C=O) groups excluding carboxylic acids is 2. The van der Waals surface area contributed by atoms with Crippen molar-refractivity contribution >= 4 is 11.9 Å². The number of rotatable bonds is 3. The van der Waals surface area contributed by atoms with E-state index in [-0.39, 0.29) is 18.0 Å². The van der Waals surface area contributed by atoms with Crippen LogP contribution in [0.15, 0.2) is 54.6 Å². The van der Waals surface area contributed by atoms with Gasteiger partial charge in [0.15, 0.2) is 0 Å². The van der Waals surface area contributed by atoms with Crippen LogP contribution in [0.5, 0.6) is 5.75 Å². The number of hydrogen-bond acceptors (Lipinski definition) is 5. The molecule has 0 aromatic heterocycles. The summed E-state index contributed by atoms with van der Waals surface area (Å²) in [5.74, 6) is -0.237. The first kappa shape index (κ1) is 15.2. The van der Waals surface area contributed by atoms with Crippen molar-refractivity contribution in [2.24, 2.45) is 0 Å². The van der Waals surface area contributed by atoms with E-state index in [0.29, 0.717) is 12.4 Å². The molecule has 0 amide bonds. The Labute approximate surface area is 134 Å². The highest BCUT2D eigenvalue weighted by atomic mass is 16.5. The Balaban J connectivity index is 1.77. The summed E-state index contributed by atoms with van der Waals surface area (Å²) in [5, 5.41) is 3.31. The van der Waals surface area contributed by atoms with Crippen molar-refractivity contribution < 1.29 is 19.1 Å². The zero-order valence-electron chi connectivity index (χ0n) is 12.7. The summed E-state index contributed by atoms with van der Waals surface area (Å²) in [5.41, 5.74) is 1.84. The number of carbonyl (C=O) groups is 2. The summed E-state index contributed by atoms with van der Waals surface area (Å²) in [4.78, 5) is 23.0. The third-order valence-electron chi connectivity index (χ3n) is 3.67. The van der Waals surface area contributed by atoms with Gasteiger partial charge in [-0.3, -0.25) is 10.1 Å². The van der Waals surface area contributed by atoms with Gasteiger partial charge in [0, 0.05) is 6.92 Å². The van der Waals surface area contributed by atoms with Crippen LogP contribution < -0.4 is 10.1 Å². The van der Waals surface area contributed by atoms with Gasteiger partial charge >= 0.3 is 11.9 Å². The van der Waals surface area contributed by atoms with Crippen molar-refractivity contribution in [3.8, 4) is 5.75 Å². The first-order chi connectivity index (χ1) is 11.1. The number of morpholine rings is 1. The molecular formula is C18H17NO4. The van der Waals surface area contributed by atoms with Gasteiger partial charge in [-0.2, -0.15) is 0 Å². The Morgan fingerprint density at radius 1 is 1.09 bits per heavy atom. The van der Waals surface area contributed by atoms with Crippen LogP contribution in [0.3, 0.4) is 0 Å². The van der Waals surface area contributed by atoms with Crippen molar-refractivity contribution in [1.82, 2.24) is 5.32 Å². The van der Waals surface area contributed by atoms with E-state index in [1.54, 1.807) is 24.3 Å². The van der Waals surface area contributed by atoms with Crippen LogP contribution in [-0.4, -0.2) is 18.5 Å². The number of esters is 2. The molecule has 5 nitrogen and oxygen atoms in total. The molecule has 2 aromatic carbocycles. The number of nitrogens with one attached hydrogen (secondary N) is 1. The monoisotopic (exact) mass is 311 g/mol. The van der Waals surface area contributed by atoms with Crippen LogP contribution in [0, 0.1) is 0 Å². The Bertz CT molecular complexity index is 697. The van der Waals surface area contributed by atoms with Gasteiger partial charge < -0.3 is 9.47 Å². The molecule has 1 heterocycles. The molecule has 5 heteroatoms. The van der Waals surface area contributed by atoms with Gasteiger partial charge in [-0.05, 0) is 23.3 Å². The molecule has 1 aliphatic rings. The third kappa shape index (κ3) is 3.57. The van der Waals surface area contributed by atoms with E-state index in [1.807, 2.05) is 30.3 Å². The second-order valence-corrected chi connectivity index (χ2v) is 5.36. The number of cyclic esters (lactones) is 1. The van der Waals surface area contributed by atoms with E-state index in [0.717, 1.165) is 11.1 Å². The molecule has 0 unspecified atom stereocenters. The van der Waals surface area contributed by atoms with Crippen LogP contribution >= 0.6 is 0 Å². The van der Waals surface area contributed by atoms with E-state index in [2.05, 4.69) is 5.32 Å². The molecule has 1 aliphatic heterocycles. The summed E-state index contributed by atoms with van der Waals surface area (Å²) in [6, 6.07) is 16.1. The van der Waals surface area contributed by atoms with Crippen molar-refractivity contribution in [3.05, 3.63) is 65.7 Å². The number of benzene rings is 2. The number of ether oxygens (including phenoxy) is 2. The molecule has 23 heavy (non-hydrogen) atoms. The minimum Gasteiger partial charge on any atom is -0.462 e. The van der Waals surface area contributed by atoms with E-state index >= 15 is 0 Å². The van der Waals surface area contributed by atoms with Gasteiger partial charge in [-0.1, -0.05) is 42.5 Å². The maximum absolute atomic E-state index is 12.1. The normalized spacial score (nSPS) is 20.7. The van der Waals surface area contributed by atoms with E-state index < -0.39 is 6.04 Å². The molecule has 1 saturated heterocycles. The Morgan fingerprint density at radius 3 is 2.43 bits per heavy atom. The minimum atomic E-state index is -0.541. The average molecular weight is 311 g/mol. The van der Waals surface area contributed by atoms with Gasteiger partial charge in [0.1, 0.15) is 18.4 Å². The van der Waals surface area contributed by atoms with Crippen LogP contribution in [0.2, 0.25) is 0 Å². The summed E-state index contributed by atoms with van der Waals surface area (Å²) in [7, 11) is 0. The maximum atomic E-state index is 12.1. The standard InChI is InChI=1S/C18H17NO4/c1-12(20)23-15-9-7-14(8-10-15)17-18(21)22-11-16(19-17)13-5-3-2-4-6-13/h2-10,16-17,19H,11H2,1H3/t16-,17-/m1/s1. The Kier molecular flexibility index (Phi) is 4.39. The van der Waals surface area contributed by atoms with Crippen LogP contribution in [0.25, 0.3) is 0 Å². The average Bonchev–Trinajstić information content (AvgIpc) is 2.56. The predicted octanol–water partition coefficient (Wildman–Crippen LogP) is 2.54. The van der Waals surface area contributed by atoms with E-state index in [9.17, 15) is 9.59 Å². The van der Waals surface area contributed by atoms with Crippen molar-refractivity contribution in [2.45, 2.75) is 19.0 Å². The molecule has 0 aliphatic carbocycles. The molecule has 3 rings (SSSR count). The third-order valence-corrected chi connectivity index (χ3v) is 3.67. The fraction of sp³-hybridized carbons (Fsp3) is 0.222. The van der Waals surface area contributed by atoms with E-state index in [1.165, 1.54) is 6.92 Å². The highest BCUT2D eigenvalue weighted by Gasteiger charge is 2.31. The first-order valence-corrected chi connectivity index (χ1v) is 7.39. The zero-order chi connectivity index (χ0) is 16.2. The van der Waals surface area contributed by atoms with Crippen molar-refractivity contribution in [3.63, 3.8) is 0 Å². The van der Waals surface area contributed by atoms with Gasteiger partial charge in [-0.15, -0.1) is 0 Å². The Hall–Kier alpha value is -2.66. The smallest absolute Gasteiger partial charge is 0.327 e. The lowest BCUT2D eigenvalue weighted by molar-refractivity contribution is -0.152. The predicted molar refractivity (Wildman–Crippen MR) is 83.8 cm³/mol. The largest absolute Gasteiger partial charge is 0.462 e. The highest BCUT2D eigenvalue weighted by molar-refractivity contribution is 5.78.